The van der Waals surface area contributed by atoms with Crippen molar-refractivity contribution in [3.8, 4) is 0 Å². The third kappa shape index (κ3) is 3.48. The molecule has 0 amide bonds. The van der Waals surface area contributed by atoms with Gasteiger partial charge in [-0.1, -0.05) is 34.7 Å². The summed E-state index contributed by atoms with van der Waals surface area (Å²) in [5, 5.41) is 0. The molecular formula is C15H19IN2O3. The smallest absolute Gasteiger partial charge is 0.423 e. The van der Waals surface area contributed by atoms with Gasteiger partial charge in [0.1, 0.15) is 5.60 Å². The zero-order valence-corrected chi connectivity index (χ0v) is 14.6. The average Bonchev–Trinajstić information content (AvgIpc) is 2.66. The Morgan fingerprint density at radius 1 is 1.24 bits per heavy atom. The van der Waals surface area contributed by atoms with E-state index in [1.807, 2.05) is 18.2 Å². The first-order valence-corrected chi connectivity index (χ1v) is 8.37. The number of fused-ring (bicyclic) bond motifs is 1. The molecule has 2 rings (SSSR count). The fourth-order valence-corrected chi connectivity index (χ4v) is 2.47. The zero-order chi connectivity index (χ0) is 15.6. The Morgan fingerprint density at radius 2 is 1.86 bits per heavy atom. The third-order valence-electron chi connectivity index (χ3n) is 2.93. The molecule has 1 heterocycles. The molecule has 6 heteroatoms. The van der Waals surface area contributed by atoms with E-state index >= 15 is 0 Å². The summed E-state index contributed by atoms with van der Waals surface area (Å²) in [7, 11) is 0. The second-order valence-electron chi connectivity index (χ2n) is 5.78. The van der Waals surface area contributed by atoms with Gasteiger partial charge >= 0.3 is 11.8 Å². The van der Waals surface area contributed by atoms with E-state index in [0.29, 0.717) is 12.1 Å². The van der Waals surface area contributed by atoms with Crippen molar-refractivity contribution in [2.75, 3.05) is 4.43 Å². The molecule has 0 aliphatic carbocycles. The molecule has 21 heavy (non-hydrogen) atoms. The molecule has 114 valence electrons. The number of carbonyl (C=O) groups is 1. The molecule has 0 aliphatic rings. The molecule has 0 saturated heterocycles. The predicted octanol–water partition coefficient (Wildman–Crippen LogP) is 3.41. The molecule has 0 spiro atoms. The van der Waals surface area contributed by atoms with Crippen LogP contribution in [0.25, 0.3) is 11.0 Å². The Kier molecular flexibility index (Phi) is 4.75. The summed E-state index contributed by atoms with van der Waals surface area (Å²) >= 11 is 2.27. The molecule has 0 saturated carbocycles. The number of ether oxygens (including phenoxy) is 1. The van der Waals surface area contributed by atoms with Crippen molar-refractivity contribution in [1.29, 1.82) is 0 Å². The lowest BCUT2D eigenvalue weighted by Crippen LogP contribution is -2.34. The van der Waals surface area contributed by atoms with E-state index in [2.05, 4.69) is 22.6 Å². The van der Waals surface area contributed by atoms with E-state index in [0.717, 1.165) is 20.9 Å². The number of halogens is 1. The number of aryl methyl sites for hydroxylation is 1. The van der Waals surface area contributed by atoms with E-state index in [-0.39, 0.29) is 5.69 Å². The van der Waals surface area contributed by atoms with Crippen LogP contribution in [0.5, 0.6) is 0 Å². The van der Waals surface area contributed by atoms with Gasteiger partial charge in [-0.05, 0) is 39.3 Å². The highest BCUT2D eigenvalue weighted by molar-refractivity contribution is 14.1. The highest BCUT2D eigenvalue weighted by atomic mass is 127. The van der Waals surface area contributed by atoms with Gasteiger partial charge in [0.25, 0.3) is 0 Å². The minimum absolute atomic E-state index is 0.338. The number of hydrogen-bond donors (Lipinski definition) is 0. The first-order chi connectivity index (χ1) is 9.85. The number of imidazole rings is 1. The number of aromatic nitrogens is 2. The molecule has 0 atom stereocenters. The topological polar surface area (TPSA) is 53.2 Å². The summed E-state index contributed by atoms with van der Waals surface area (Å²) in [5.41, 5.74) is 0.376. The van der Waals surface area contributed by atoms with Gasteiger partial charge in [0.05, 0.1) is 11.0 Å². The summed E-state index contributed by atoms with van der Waals surface area (Å²) < 4.78 is 9.05. The molecule has 5 nitrogen and oxygen atoms in total. The van der Waals surface area contributed by atoms with Crippen LogP contribution in [-0.2, 0) is 11.3 Å². The average molecular weight is 402 g/mol. The molecule has 1 aromatic carbocycles. The number of para-hydroxylation sites is 2. The monoisotopic (exact) mass is 402 g/mol. The van der Waals surface area contributed by atoms with Crippen LogP contribution in [0.4, 0.5) is 4.79 Å². The number of benzene rings is 1. The number of carbonyl (C=O) groups excluding carboxylic acids is 1. The first kappa shape index (κ1) is 16.1. The lowest BCUT2D eigenvalue weighted by molar-refractivity contribution is 0.0537. The van der Waals surface area contributed by atoms with Crippen molar-refractivity contribution in [3.63, 3.8) is 0 Å². The van der Waals surface area contributed by atoms with Crippen molar-refractivity contribution >= 4 is 39.7 Å². The lowest BCUT2D eigenvalue weighted by Gasteiger charge is -2.19. The molecule has 0 aliphatic heterocycles. The minimum Gasteiger partial charge on any atom is -0.443 e. The standard InChI is InChI=1S/C15H19IN2O3/c1-15(2,3)21-14(20)18-12-8-5-4-7-11(12)17(13(18)19)10-6-9-16/h4-5,7-8H,6,9-10H2,1-3H3. The van der Waals surface area contributed by atoms with Gasteiger partial charge in [0.15, 0.2) is 0 Å². The highest BCUT2D eigenvalue weighted by Gasteiger charge is 2.23. The highest BCUT2D eigenvalue weighted by Crippen LogP contribution is 2.16. The van der Waals surface area contributed by atoms with Gasteiger partial charge in [-0.2, -0.15) is 4.57 Å². The molecule has 0 unspecified atom stereocenters. The second-order valence-corrected chi connectivity index (χ2v) is 6.86. The van der Waals surface area contributed by atoms with Crippen molar-refractivity contribution in [2.24, 2.45) is 0 Å². The van der Waals surface area contributed by atoms with Crippen LogP contribution >= 0.6 is 22.6 Å². The Balaban J connectivity index is 2.56. The maximum atomic E-state index is 12.5. The van der Waals surface area contributed by atoms with Crippen LogP contribution in [-0.4, -0.2) is 25.3 Å². The molecule has 0 fully saturated rings. The number of nitrogens with zero attached hydrogens (tertiary/aromatic N) is 2. The summed E-state index contributed by atoms with van der Waals surface area (Å²) in [6.45, 7) is 5.94. The Bertz CT molecular complexity index is 710. The van der Waals surface area contributed by atoms with Gasteiger partial charge in [-0.3, -0.25) is 4.57 Å². The number of rotatable bonds is 3. The van der Waals surface area contributed by atoms with Gasteiger partial charge in [-0.15, -0.1) is 0 Å². The van der Waals surface area contributed by atoms with Crippen molar-refractivity contribution in [1.82, 2.24) is 9.13 Å². The molecule has 0 bridgehead atoms. The lowest BCUT2D eigenvalue weighted by atomic mass is 10.2. The molecular weight excluding hydrogens is 383 g/mol. The SMILES string of the molecule is CC(C)(C)OC(=O)n1c(=O)n(CCCI)c2ccccc21. The van der Waals surface area contributed by atoms with Gasteiger partial charge in [0.2, 0.25) is 0 Å². The van der Waals surface area contributed by atoms with Crippen LogP contribution < -0.4 is 5.69 Å². The summed E-state index contributed by atoms with van der Waals surface area (Å²) in [6.07, 6.45) is 0.250. The third-order valence-corrected chi connectivity index (χ3v) is 3.69. The normalized spacial score (nSPS) is 11.8. The fraction of sp³-hybridized carbons (Fsp3) is 0.467. The van der Waals surface area contributed by atoms with E-state index < -0.39 is 11.7 Å². The number of alkyl halides is 1. The number of hydrogen-bond acceptors (Lipinski definition) is 3. The van der Waals surface area contributed by atoms with Gasteiger partial charge < -0.3 is 4.74 Å². The quantitative estimate of drug-likeness (QED) is 0.584. The van der Waals surface area contributed by atoms with Crippen LogP contribution in [0, 0.1) is 0 Å². The van der Waals surface area contributed by atoms with Crippen LogP contribution in [0.3, 0.4) is 0 Å². The van der Waals surface area contributed by atoms with Crippen molar-refractivity contribution < 1.29 is 9.53 Å². The molecule has 0 N–H and O–H groups in total. The molecule has 0 radical (unpaired) electrons. The predicted molar refractivity (Wildman–Crippen MR) is 91.3 cm³/mol. The van der Waals surface area contributed by atoms with E-state index in [1.165, 1.54) is 0 Å². The Hall–Kier alpha value is -1.31. The molecule has 1 aromatic heterocycles. The maximum Gasteiger partial charge on any atom is 0.423 e. The summed E-state index contributed by atoms with van der Waals surface area (Å²) in [6, 6.07) is 7.29. The zero-order valence-electron chi connectivity index (χ0n) is 12.4. The van der Waals surface area contributed by atoms with Gasteiger partial charge in [-0.25, -0.2) is 9.59 Å². The van der Waals surface area contributed by atoms with Crippen molar-refractivity contribution in [3.05, 3.63) is 34.7 Å². The van der Waals surface area contributed by atoms with Crippen LogP contribution in [0.2, 0.25) is 0 Å². The second kappa shape index (κ2) is 6.21. The largest absolute Gasteiger partial charge is 0.443 e. The van der Waals surface area contributed by atoms with Crippen molar-refractivity contribution in [2.45, 2.75) is 39.3 Å². The Labute approximate surface area is 137 Å². The fourth-order valence-electron chi connectivity index (χ4n) is 2.13. The van der Waals surface area contributed by atoms with Gasteiger partial charge in [0, 0.05) is 11.0 Å². The van der Waals surface area contributed by atoms with E-state index in [1.54, 1.807) is 31.4 Å². The first-order valence-electron chi connectivity index (χ1n) is 6.85. The molecule has 2 aromatic rings. The van der Waals surface area contributed by atoms with Crippen LogP contribution in [0.15, 0.2) is 29.1 Å². The van der Waals surface area contributed by atoms with Crippen LogP contribution in [0.1, 0.15) is 27.2 Å². The summed E-state index contributed by atoms with van der Waals surface area (Å²) in [5.74, 6) is 0. The summed E-state index contributed by atoms with van der Waals surface area (Å²) in [4.78, 5) is 24.9. The Morgan fingerprint density at radius 3 is 2.43 bits per heavy atom. The maximum absolute atomic E-state index is 12.5. The van der Waals surface area contributed by atoms with E-state index in [9.17, 15) is 9.59 Å². The minimum atomic E-state index is -0.637. The van der Waals surface area contributed by atoms with E-state index in [4.69, 9.17) is 4.74 Å².